The third kappa shape index (κ3) is 5.52. The van der Waals surface area contributed by atoms with E-state index in [0.29, 0.717) is 11.6 Å². The topological polar surface area (TPSA) is 78.5 Å². The summed E-state index contributed by atoms with van der Waals surface area (Å²) in [5, 5.41) is 5.03. The molecule has 0 saturated heterocycles. The lowest BCUT2D eigenvalue weighted by Gasteiger charge is -2.26. The van der Waals surface area contributed by atoms with E-state index in [0.717, 1.165) is 16.9 Å². The highest BCUT2D eigenvalue weighted by molar-refractivity contribution is 7.91. The van der Waals surface area contributed by atoms with Gasteiger partial charge in [0.05, 0.1) is 12.6 Å². The molecule has 0 aliphatic carbocycles. The van der Waals surface area contributed by atoms with E-state index < -0.39 is 15.9 Å². The molecule has 0 bridgehead atoms. The molecule has 1 atom stereocenters. The highest BCUT2D eigenvalue weighted by Crippen LogP contribution is 2.25. The molecule has 0 aliphatic rings. The number of likely N-dealkylation sites (N-methyl/N-ethyl adjacent to an activating group) is 1. The molecule has 6 nitrogen and oxygen atoms in total. The molecule has 2 N–H and O–H groups in total. The van der Waals surface area contributed by atoms with Gasteiger partial charge in [0.25, 0.3) is 10.0 Å². The molecule has 0 aliphatic heterocycles. The van der Waals surface area contributed by atoms with Crippen molar-refractivity contribution in [1.82, 2.24) is 14.9 Å². The summed E-state index contributed by atoms with van der Waals surface area (Å²) in [4.78, 5) is 14.0. The Morgan fingerprint density at radius 2 is 1.96 bits per heavy atom. The molecule has 1 aromatic carbocycles. The summed E-state index contributed by atoms with van der Waals surface area (Å²) in [5.41, 5.74) is 0.897. The van der Waals surface area contributed by atoms with Gasteiger partial charge in [0.15, 0.2) is 0 Å². The van der Waals surface area contributed by atoms with E-state index in [1.54, 1.807) is 17.5 Å². The molecule has 1 unspecified atom stereocenters. The first-order valence-electron chi connectivity index (χ1n) is 7.52. The zero-order valence-corrected chi connectivity index (χ0v) is 16.3. The van der Waals surface area contributed by atoms with Crippen LogP contribution in [0.3, 0.4) is 0 Å². The Bertz CT molecular complexity index is 808. The lowest BCUT2D eigenvalue weighted by molar-refractivity contribution is -0.120. The van der Waals surface area contributed by atoms with Gasteiger partial charge in [-0.1, -0.05) is 35.9 Å². The molecular formula is C16H20ClN3O3S2. The fraction of sp³-hybridized carbons (Fsp3) is 0.312. The van der Waals surface area contributed by atoms with E-state index >= 15 is 0 Å². The van der Waals surface area contributed by atoms with Crippen molar-refractivity contribution in [3.8, 4) is 0 Å². The maximum absolute atomic E-state index is 12.0. The molecule has 25 heavy (non-hydrogen) atoms. The number of rotatable bonds is 8. The SMILES string of the molecule is CN(C)C(CNC(=O)CNS(=O)(=O)c1cccs1)c1ccccc1Cl. The van der Waals surface area contributed by atoms with Gasteiger partial charge in [-0.15, -0.1) is 11.3 Å². The lowest BCUT2D eigenvalue weighted by atomic mass is 10.1. The molecule has 0 saturated carbocycles. The van der Waals surface area contributed by atoms with E-state index in [-0.39, 0.29) is 16.8 Å². The third-order valence-electron chi connectivity index (χ3n) is 3.56. The van der Waals surface area contributed by atoms with Gasteiger partial charge in [-0.3, -0.25) is 4.79 Å². The van der Waals surface area contributed by atoms with Crippen LogP contribution in [0.5, 0.6) is 0 Å². The van der Waals surface area contributed by atoms with Crippen LogP contribution in [0.4, 0.5) is 0 Å². The Balaban J connectivity index is 1.93. The molecule has 2 aromatic rings. The number of thiophene rings is 1. The van der Waals surface area contributed by atoms with E-state index in [1.165, 1.54) is 6.07 Å². The van der Waals surface area contributed by atoms with E-state index in [2.05, 4.69) is 10.0 Å². The van der Waals surface area contributed by atoms with Gasteiger partial charge >= 0.3 is 0 Å². The Kier molecular flexibility index (Phi) is 6.97. The summed E-state index contributed by atoms with van der Waals surface area (Å²) in [6, 6.07) is 10.4. The summed E-state index contributed by atoms with van der Waals surface area (Å²) in [5.74, 6) is -0.404. The van der Waals surface area contributed by atoms with Gasteiger partial charge in [-0.2, -0.15) is 0 Å². The minimum absolute atomic E-state index is 0.119. The zero-order valence-electron chi connectivity index (χ0n) is 13.9. The predicted molar refractivity (Wildman–Crippen MR) is 100 cm³/mol. The van der Waals surface area contributed by atoms with Crippen LogP contribution in [0.15, 0.2) is 46.0 Å². The Morgan fingerprint density at radius 1 is 1.24 bits per heavy atom. The maximum Gasteiger partial charge on any atom is 0.250 e. The number of hydrogen-bond donors (Lipinski definition) is 2. The van der Waals surface area contributed by atoms with Gasteiger partial charge in [-0.05, 0) is 37.2 Å². The van der Waals surface area contributed by atoms with Gasteiger partial charge in [0.2, 0.25) is 5.91 Å². The summed E-state index contributed by atoms with van der Waals surface area (Å²) >= 11 is 7.33. The molecular weight excluding hydrogens is 382 g/mol. The van der Waals surface area contributed by atoms with Gasteiger partial charge in [-0.25, -0.2) is 13.1 Å². The second-order valence-corrected chi connectivity index (χ2v) is 8.91. The molecule has 136 valence electrons. The lowest BCUT2D eigenvalue weighted by Crippen LogP contribution is -2.40. The van der Waals surface area contributed by atoms with Crippen molar-refractivity contribution in [2.45, 2.75) is 10.3 Å². The van der Waals surface area contributed by atoms with Crippen molar-refractivity contribution in [3.63, 3.8) is 0 Å². The van der Waals surface area contributed by atoms with Crippen molar-refractivity contribution < 1.29 is 13.2 Å². The highest BCUT2D eigenvalue weighted by Gasteiger charge is 2.19. The number of halogens is 1. The number of hydrogen-bond acceptors (Lipinski definition) is 5. The third-order valence-corrected chi connectivity index (χ3v) is 6.71. The van der Waals surface area contributed by atoms with Crippen molar-refractivity contribution in [1.29, 1.82) is 0 Å². The molecule has 0 radical (unpaired) electrons. The van der Waals surface area contributed by atoms with Crippen LogP contribution < -0.4 is 10.0 Å². The summed E-state index contributed by atoms with van der Waals surface area (Å²) in [6.45, 7) is -0.000794. The number of benzene rings is 1. The first kappa shape index (κ1) is 19.9. The van der Waals surface area contributed by atoms with Crippen molar-refractivity contribution >= 4 is 38.9 Å². The average molecular weight is 402 g/mol. The molecule has 0 fully saturated rings. The molecule has 1 heterocycles. The number of nitrogens with one attached hydrogen (secondary N) is 2. The van der Waals surface area contributed by atoms with E-state index in [9.17, 15) is 13.2 Å². The molecule has 1 amide bonds. The second kappa shape index (κ2) is 8.77. The molecule has 0 spiro atoms. The fourth-order valence-corrected chi connectivity index (χ4v) is 4.52. The molecule has 2 rings (SSSR count). The summed E-state index contributed by atoms with van der Waals surface area (Å²) in [7, 11) is 0.127. The van der Waals surface area contributed by atoms with Crippen molar-refractivity contribution in [2.75, 3.05) is 27.2 Å². The van der Waals surface area contributed by atoms with Crippen LogP contribution >= 0.6 is 22.9 Å². The number of sulfonamides is 1. The standard InChI is InChI=1S/C16H20ClN3O3S2/c1-20(2)14(12-6-3-4-7-13(12)17)10-18-15(21)11-19-25(22,23)16-8-5-9-24-16/h3-9,14,19H,10-11H2,1-2H3,(H,18,21). The van der Waals surface area contributed by atoms with Crippen LogP contribution in [0.2, 0.25) is 5.02 Å². The highest BCUT2D eigenvalue weighted by atomic mass is 35.5. The zero-order chi connectivity index (χ0) is 18.4. The van der Waals surface area contributed by atoms with Crippen LogP contribution in [0, 0.1) is 0 Å². The first-order valence-corrected chi connectivity index (χ1v) is 10.3. The Labute approximate surface area is 156 Å². The van der Waals surface area contributed by atoms with Crippen LogP contribution in [-0.2, 0) is 14.8 Å². The molecule has 1 aromatic heterocycles. The van der Waals surface area contributed by atoms with Gasteiger partial charge in [0.1, 0.15) is 4.21 Å². The van der Waals surface area contributed by atoms with Crippen LogP contribution in [0.25, 0.3) is 0 Å². The fourth-order valence-electron chi connectivity index (χ4n) is 2.24. The number of nitrogens with zero attached hydrogens (tertiary/aromatic N) is 1. The van der Waals surface area contributed by atoms with Gasteiger partial charge < -0.3 is 10.2 Å². The normalized spacial score (nSPS) is 13.0. The minimum Gasteiger partial charge on any atom is -0.353 e. The average Bonchev–Trinajstić information content (AvgIpc) is 3.10. The maximum atomic E-state index is 12.0. The number of carbonyl (C=O) groups is 1. The smallest absolute Gasteiger partial charge is 0.250 e. The Hall–Kier alpha value is -1.45. The van der Waals surface area contributed by atoms with Crippen LogP contribution in [0.1, 0.15) is 11.6 Å². The molecule has 9 heteroatoms. The van der Waals surface area contributed by atoms with Crippen molar-refractivity contribution in [3.05, 3.63) is 52.4 Å². The number of amides is 1. The number of carbonyl (C=O) groups excluding carboxylic acids is 1. The summed E-state index contributed by atoms with van der Waals surface area (Å²) in [6.07, 6.45) is 0. The Morgan fingerprint density at radius 3 is 2.56 bits per heavy atom. The van der Waals surface area contributed by atoms with Crippen LogP contribution in [-0.4, -0.2) is 46.4 Å². The second-order valence-electron chi connectivity index (χ2n) is 5.56. The largest absolute Gasteiger partial charge is 0.353 e. The first-order chi connectivity index (χ1) is 11.8. The van der Waals surface area contributed by atoms with E-state index in [4.69, 9.17) is 11.6 Å². The predicted octanol–water partition coefficient (Wildman–Crippen LogP) is 2.10. The summed E-state index contributed by atoms with van der Waals surface area (Å²) < 4.78 is 26.5. The quantitative estimate of drug-likeness (QED) is 0.710. The minimum atomic E-state index is -3.65. The van der Waals surface area contributed by atoms with Crippen molar-refractivity contribution in [2.24, 2.45) is 0 Å². The van der Waals surface area contributed by atoms with E-state index in [1.807, 2.05) is 37.2 Å². The van der Waals surface area contributed by atoms with Gasteiger partial charge in [0, 0.05) is 11.6 Å². The monoisotopic (exact) mass is 401 g/mol.